The van der Waals surface area contributed by atoms with E-state index in [0.29, 0.717) is 0 Å². The van der Waals surface area contributed by atoms with Crippen LogP contribution in [0.2, 0.25) is 0 Å². The molecule has 0 spiro atoms. The predicted molar refractivity (Wildman–Crippen MR) is 78.5 cm³/mol. The van der Waals surface area contributed by atoms with Crippen LogP contribution in [0.25, 0.3) is 0 Å². The van der Waals surface area contributed by atoms with Crippen LogP contribution < -0.4 is 5.73 Å². The van der Waals surface area contributed by atoms with Gasteiger partial charge in [-0.05, 0) is 26.2 Å². The number of nitrogens with two attached hydrogens (primary N) is 1. The molecular weight excluding hydrogens is 240 g/mol. The third kappa shape index (κ3) is 4.51. The molecule has 0 heterocycles. The first kappa shape index (κ1) is 17.9. The van der Waals surface area contributed by atoms with Crippen LogP contribution in [0.1, 0.15) is 62.3 Å². The average molecular weight is 270 g/mol. The van der Waals surface area contributed by atoms with E-state index in [1.54, 1.807) is 4.90 Å². The smallest absolute Gasteiger partial charge is 0.240 e. The van der Waals surface area contributed by atoms with Crippen LogP contribution in [0.3, 0.4) is 0 Å². The lowest BCUT2D eigenvalue weighted by atomic mass is 9.80. The van der Waals surface area contributed by atoms with E-state index in [0.717, 1.165) is 0 Å². The number of hydrogen-bond acceptors (Lipinski definition) is 2. The summed E-state index contributed by atoms with van der Waals surface area (Å²) in [6.07, 6.45) is 0. The van der Waals surface area contributed by atoms with E-state index in [2.05, 4.69) is 0 Å². The van der Waals surface area contributed by atoms with Gasteiger partial charge in [-0.15, -0.1) is 0 Å². The van der Waals surface area contributed by atoms with Crippen molar-refractivity contribution in [3.05, 3.63) is 0 Å². The fourth-order valence-electron chi connectivity index (χ4n) is 2.11. The van der Waals surface area contributed by atoms with E-state index in [-0.39, 0.29) is 5.91 Å². The maximum Gasteiger partial charge on any atom is 0.240 e. The maximum absolute atomic E-state index is 12.7. The minimum atomic E-state index is -0.626. The lowest BCUT2D eigenvalue weighted by Gasteiger charge is -2.47. The summed E-state index contributed by atoms with van der Waals surface area (Å²) in [7, 11) is 0. The Morgan fingerprint density at radius 2 is 1.26 bits per heavy atom. The highest BCUT2D eigenvalue weighted by atomic mass is 16.2. The highest BCUT2D eigenvalue weighted by molar-refractivity contribution is 5.90. The first-order chi connectivity index (χ1) is 8.10. The molecule has 0 radical (unpaired) electrons. The normalized spacial score (nSPS) is 15.0. The number of hydrogen-bond donors (Lipinski definition) is 1. The third-order valence-electron chi connectivity index (χ3n) is 2.93. The molecule has 0 aromatic heterocycles. The van der Waals surface area contributed by atoms with E-state index in [4.69, 9.17) is 5.73 Å². The number of primary amides is 1. The molecule has 112 valence electrons. The van der Waals surface area contributed by atoms with Gasteiger partial charge < -0.3 is 10.6 Å². The molecule has 0 unspecified atom stereocenters. The zero-order chi connectivity index (χ0) is 15.8. The molecule has 1 atom stereocenters. The fraction of sp³-hybridized carbons (Fsp3) is 0.867. The molecule has 0 aliphatic heterocycles. The first-order valence-corrected chi connectivity index (χ1v) is 6.73. The topological polar surface area (TPSA) is 63.4 Å². The molecule has 19 heavy (non-hydrogen) atoms. The summed E-state index contributed by atoms with van der Waals surface area (Å²) in [5, 5.41) is 0. The Morgan fingerprint density at radius 1 is 0.895 bits per heavy atom. The quantitative estimate of drug-likeness (QED) is 0.838. The number of nitrogens with zero attached hydrogens (tertiary/aromatic N) is 1. The van der Waals surface area contributed by atoms with Crippen LogP contribution in [0.5, 0.6) is 0 Å². The SMILES string of the molecule is CC(C)(C)C(=O)N([C@@H](C(N)=O)C(C)(C)C)C(C)(C)C. The molecule has 0 aromatic rings. The Bertz CT molecular complexity index is 354. The van der Waals surface area contributed by atoms with Gasteiger partial charge >= 0.3 is 0 Å². The number of rotatable bonds is 2. The summed E-state index contributed by atoms with van der Waals surface area (Å²) in [6, 6.07) is -0.626. The second kappa shape index (κ2) is 5.14. The molecule has 0 saturated carbocycles. The Balaban J connectivity index is 5.87. The Morgan fingerprint density at radius 3 is 1.42 bits per heavy atom. The van der Waals surface area contributed by atoms with Gasteiger partial charge in [-0.2, -0.15) is 0 Å². The highest BCUT2D eigenvalue weighted by Crippen LogP contribution is 2.33. The van der Waals surface area contributed by atoms with Crippen LogP contribution in [0.15, 0.2) is 0 Å². The van der Waals surface area contributed by atoms with Gasteiger partial charge in [0.25, 0.3) is 0 Å². The zero-order valence-corrected chi connectivity index (χ0v) is 13.9. The summed E-state index contributed by atoms with van der Waals surface area (Å²) >= 11 is 0. The van der Waals surface area contributed by atoms with Crippen LogP contribution in [-0.2, 0) is 9.59 Å². The second-order valence-electron chi connectivity index (χ2n) is 8.27. The van der Waals surface area contributed by atoms with E-state index in [1.165, 1.54) is 0 Å². The Hall–Kier alpha value is -1.06. The summed E-state index contributed by atoms with van der Waals surface area (Å²) in [6.45, 7) is 17.1. The van der Waals surface area contributed by atoms with Crippen LogP contribution in [-0.4, -0.2) is 28.3 Å². The van der Waals surface area contributed by atoms with Crippen molar-refractivity contribution in [3.8, 4) is 0 Å². The van der Waals surface area contributed by atoms with Crippen molar-refractivity contribution in [2.24, 2.45) is 16.6 Å². The monoisotopic (exact) mass is 270 g/mol. The molecule has 0 fully saturated rings. The second-order valence-corrected chi connectivity index (χ2v) is 8.27. The minimum Gasteiger partial charge on any atom is -0.368 e. The van der Waals surface area contributed by atoms with Crippen molar-refractivity contribution >= 4 is 11.8 Å². The lowest BCUT2D eigenvalue weighted by Crippen LogP contribution is -2.63. The van der Waals surface area contributed by atoms with Gasteiger partial charge in [-0.3, -0.25) is 9.59 Å². The van der Waals surface area contributed by atoms with Gasteiger partial charge in [0.2, 0.25) is 11.8 Å². The molecule has 0 rings (SSSR count). The molecule has 0 aromatic carbocycles. The van der Waals surface area contributed by atoms with E-state index >= 15 is 0 Å². The van der Waals surface area contributed by atoms with Gasteiger partial charge in [0.1, 0.15) is 6.04 Å². The Labute approximate surface area is 117 Å². The molecular formula is C15H30N2O2. The number of carbonyl (C=O) groups is 2. The molecule has 0 bridgehead atoms. The van der Waals surface area contributed by atoms with Gasteiger partial charge in [0, 0.05) is 11.0 Å². The maximum atomic E-state index is 12.7. The van der Waals surface area contributed by atoms with Crippen LogP contribution in [0, 0.1) is 10.8 Å². The van der Waals surface area contributed by atoms with Crippen molar-refractivity contribution in [2.75, 3.05) is 0 Å². The van der Waals surface area contributed by atoms with Crippen molar-refractivity contribution in [3.63, 3.8) is 0 Å². The Kier molecular flexibility index (Phi) is 4.85. The molecule has 0 aliphatic rings. The van der Waals surface area contributed by atoms with Crippen molar-refractivity contribution < 1.29 is 9.59 Å². The molecule has 2 amide bonds. The largest absolute Gasteiger partial charge is 0.368 e. The molecule has 4 heteroatoms. The standard InChI is InChI=1S/C15H30N2O2/c1-13(2,3)10(11(16)18)17(15(7,8)9)12(19)14(4,5)6/h10H,1-9H3,(H2,16,18)/t10-/m0/s1. The van der Waals surface area contributed by atoms with Crippen LogP contribution >= 0.6 is 0 Å². The zero-order valence-electron chi connectivity index (χ0n) is 13.9. The van der Waals surface area contributed by atoms with Gasteiger partial charge in [0.05, 0.1) is 0 Å². The summed E-state index contributed by atoms with van der Waals surface area (Å²) < 4.78 is 0. The number of carbonyl (C=O) groups excluding carboxylic acids is 2. The summed E-state index contributed by atoms with van der Waals surface area (Å²) in [4.78, 5) is 26.3. The summed E-state index contributed by atoms with van der Waals surface area (Å²) in [5.41, 5.74) is 4.16. The first-order valence-electron chi connectivity index (χ1n) is 6.73. The molecule has 2 N–H and O–H groups in total. The fourth-order valence-corrected chi connectivity index (χ4v) is 2.11. The van der Waals surface area contributed by atoms with Crippen molar-refractivity contribution in [2.45, 2.75) is 73.9 Å². The van der Waals surface area contributed by atoms with Crippen molar-refractivity contribution in [1.82, 2.24) is 4.90 Å². The minimum absolute atomic E-state index is 0.0567. The lowest BCUT2D eigenvalue weighted by molar-refractivity contribution is -0.156. The highest BCUT2D eigenvalue weighted by Gasteiger charge is 2.45. The molecule has 0 saturated heterocycles. The third-order valence-corrected chi connectivity index (χ3v) is 2.93. The van der Waals surface area contributed by atoms with E-state index in [9.17, 15) is 9.59 Å². The van der Waals surface area contributed by atoms with Gasteiger partial charge in [-0.1, -0.05) is 41.5 Å². The van der Waals surface area contributed by atoms with E-state index in [1.807, 2.05) is 62.3 Å². The van der Waals surface area contributed by atoms with Gasteiger partial charge in [0.15, 0.2) is 0 Å². The summed E-state index contributed by atoms with van der Waals surface area (Å²) in [5.74, 6) is -0.515. The average Bonchev–Trinajstić information content (AvgIpc) is 2.06. The predicted octanol–water partition coefficient (Wildman–Crippen LogP) is 2.56. The van der Waals surface area contributed by atoms with Crippen molar-refractivity contribution in [1.29, 1.82) is 0 Å². The molecule has 0 aliphatic carbocycles. The molecule has 4 nitrogen and oxygen atoms in total. The van der Waals surface area contributed by atoms with Crippen LogP contribution in [0.4, 0.5) is 0 Å². The van der Waals surface area contributed by atoms with Gasteiger partial charge in [-0.25, -0.2) is 0 Å². The van der Waals surface area contributed by atoms with E-state index < -0.39 is 28.3 Å². The number of amides is 2.